The SMILES string of the molecule is COC(=O)c1cncc(CNS(=O)(=O)c2conc2C)c1. The van der Waals surface area contributed by atoms with Crippen LogP contribution in [-0.2, 0) is 21.3 Å². The van der Waals surface area contributed by atoms with E-state index in [1.165, 1.54) is 32.5 Å². The summed E-state index contributed by atoms with van der Waals surface area (Å²) in [5.74, 6) is -0.540. The van der Waals surface area contributed by atoms with Gasteiger partial charge in [-0.2, -0.15) is 0 Å². The Kier molecular flexibility index (Phi) is 4.34. The number of rotatable bonds is 5. The molecule has 2 rings (SSSR count). The summed E-state index contributed by atoms with van der Waals surface area (Å²) in [4.78, 5) is 15.2. The van der Waals surface area contributed by atoms with Crippen LogP contribution in [0.15, 0.2) is 34.1 Å². The fourth-order valence-electron chi connectivity index (χ4n) is 1.61. The van der Waals surface area contributed by atoms with Crippen LogP contribution in [0, 0.1) is 6.92 Å². The molecule has 0 radical (unpaired) electrons. The number of nitrogens with one attached hydrogen (secondary N) is 1. The minimum Gasteiger partial charge on any atom is -0.465 e. The predicted molar refractivity (Wildman–Crippen MR) is 70.8 cm³/mol. The van der Waals surface area contributed by atoms with Gasteiger partial charge in [0.15, 0.2) is 0 Å². The van der Waals surface area contributed by atoms with Gasteiger partial charge in [-0.1, -0.05) is 5.16 Å². The first-order valence-corrected chi connectivity index (χ1v) is 7.35. The Bertz CT molecular complexity index is 754. The summed E-state index contributed by atoms with van der Waals surface area (Å²) in [5.41, 5.74) is 1.04. The highest BCUT2D eigenvalue weighted by atomic mass is 32.2. The summed E-state index contributed by atoms with van der Waals surface area (Å²) >= 11 is 0. The Labute approximate surface area is 121 Å². The molecule has 2 aromatic heterocycles. The van der Waals surface area contributed by atoms with Gasteiger partial charge in [0.25, 0.3) is 0 Å². The molecular formula is C12H13N3O5S. The zero-order valence-electron chi connectivity index (χ0n) is 11.4. The van der Waals surface area contributed by atoms with Crippen molar-refractivity contribution in [1.29, 1.82) is 0 Å². The molecule has 2 heterocycles. The van der Waals surface area contributed by atoms with Gasteiger partial charge in [-0.05, 0) is 18.6 Å². The van der Waals surface area contributed by atoms with Gasteiger partial charge >= 0.3 is 5.97 Å². The highest BCUT2D eigenvalue weighted by molar-refractivity contribution is 7.89. The van der Waals surface area contributed by atoms with Crippen LogP contribution >= 0.6 is 0 Å². The molecule has 0 aliphatic carbocycles. The van der Waals surface area contributed by atoms with Crippen molar-refractivity contribution in [2.45, 2.75) is 18.4 Å². The molecule has 0 aromatic carbocycles. The summed E-state index contributed by atoms with van der Waals surface area (Å²) in [6.45, 7) is 1.50. The maximum Gasteiger partial charge on any atom is 0.339 e. The van der Waals surface area contributed by atoms with Crippen LogP contribution in [0.1, 0.15) is 21.6 Å². The molecule has 0 amide bonds. The van der Waals surface area contributed by atoms with Gasteiger partial charge in [0.05, 0.1) is 12.7 Å². The third-order valence-corrected chi connectivity index (χ3v) is 4.17. The summed E-state index contributed by atoms with van der Waals surface area (Å²) in [5, 5.41) is 3.52. The Hall–Kier alpha value is -2.26. The molecule has 0 bridgehead atoms. The number of methoxy groups -OCH3 is 1. The van der Waals surface area contributed by atoms with E-state index in [1.807, 2.05) is 0 Å². The number of aryl methyl sites for hydroxylation is 1. The van der Waals surface area contributed by atoms with Gasteiger partial charge in [0.1, 0.15) is 16.9 Å². The third-order valence-electron chi connectivity index (χ3n) is 2.68. The van der Waals surface area contributed by atoms with Crippen LogP contribution in [-0.4, -0.2) is 31.6 Å². The second-order valence-electron chi connectivity index (χ2n) is 4.16. The van der Waals surface area contributed by atoms with Crippen molar-refractivity contribution in [3.05, 3.63) is 41.5 Å². The minimum atomic E-state index is -3.73. The number of pyridine rings is 1. The first kappa shape index (κ1) is 15.1. The summed E-state index contributed by atoms with van der Waals surface area (Å²) in [6.07, 6.45) is 3.85. The number of carbonyl (C=O) groups is 1. The first-order chi connectivity index (χ1) is 9.94. The second kappa shape index (κ2) is 6.02. The van der Waals surface area contributed by atoms with E-state index < -0.39 is 16.0 Å². The van der Waals surface area contributed by atoms with E-state index in [0.29, 0.717) is 5.56 Å². The van der Waals surface area contributed by atoms with Crippen LogP contribution in [0.25, 0.3) is 0 Å². The molecule has 0 aliphatic rings. The average molecular weight is 311 g/mol. The van der Waals surface area contributed by atoms with Gasteiger partial charge in [0.2, 0.25) is 10.0 Å². The number of ether oxygens (including phenoxy) is 1. The van der Waals surface area contributed by atoms with Crippen LogP contribution in [0.3, 0.4) is 0 Å². The van der Waals surface area contributed by atoms with E-state index in [0.717, 1.165) is 6.26 Å². The van der Waals surface area contributed by atoms with Crippen LogP contribution < -0.4 is 4.72 Å². The van der Waals surface area contributed by atoms with Crippen molar-refractivity contribution in [2.75, 3.05) is 7.11 Å². The van der Waals surface area contributed by atoms with Gasteiger partial charge < -0.3 is 9.26 Å². The Morgan fingerprint density at radius 1 is 1.43 bits per heavy atom. The maximum absolute atomic E-state index is 12.0. The fourth-order valence-corrected chi connectivity index (χ4v) is 2.72. The number of esters is 1. The Morgan fingerprint density at radius 3 is 2.81 bits per heavy atom. The monoisotopic (exact) mass is 311 g/mol. The molecule has 0 atom stereocenters. The molecule has 0 saturated carbocycles. The zero-order chi connectivity index (χ0) is 15.5. The summed E-state index contributed by atoms with van der Waals surface area (Å²) in [6, 6.07) is 1.50. The summed E-state index contributed by atoms with van der Waals surface area (Å²) < 4.78 is 35.6. The largest absolute Gasteiger partial charge is 0.465 e. The molecular weight excluding hydrogens is 298 g/mol. The zero-order valence-corrected chi connectivity index (χ0v) is 12.2. The lowest BCUT2D eigenvalue weighted by Crippen LogP contribution is -2.23. The number of aromatic nitrogens is 2. The molecule has 1 N–H and O–H groups in total. The van der Waals surface area contributed by atoms with Crippen molar-refractivity contribution >= 4 is 16.0 Å². The maximum atomic E-state index is 12.0. The van der Waals surface area contributed by atoms with Crippen molar-refractivity contribution < 1.29 is 22.5 Å². The van der Waals surface area contributed by atoms with Gasteiger partial charge in [0, 0.05) is 18.9 Å². The van der Waals surface area contributed by atoms with E-state index >= 15 is 0 Å². The third kappa shape index (κ3) is 3.44. The Balaban J connectivity index is 2.13. The quantitative estimate of drug-likeness (QED) is 0.806. The summed E-state index contributed by atoms with van der Waals surface area (Å²) in [7, 11) is -2.48. The number of carbonyl (C=O) groups excluding carboxylic acids is 1. The van der Waals surface area contributed by atoms with Crippen molar-refractivity contribution in [1.82, 2.24) is 14.9 Å². The second-order valence-corrected chi connectivity index (χ2v) is 5.90. The van der Waals surface area contributed by atoms with E-state index in [9.17, 15) is 13.2 Å². The van der Waals surface area contributed by atoms with Gasteiger partial charge in [-0.25, -0.2) is 17.9 Å². The van der Waals surface area contributed by atoms with Crippen LogP contribution in [0.2, 0.25) is 0 Å². The van der Waals surface area contributed by atoms with Crippen molar-refractivity contribution in [3.8, 4) is 0 Å². The average Bonchev–Trinajstić information content (AvgIpc) is 2.92. The number of sulfonamides is 1. The highest BCUT2D eigenvalue weighted by Crippen LogP contribution is 2.13. The number of nitrogens with zero attached hydrogens (tertiary/aromatic N) is 2. The molecule has 0 spiro atoms. The van der Waals surface area contributed by atoms with Crippen LogP contribution in [0.4, 0.5) is 0 Å². The van der Waals surface area contributed by atoms with Crippen molar-refractivity contribution in [2.24, 2.45) is 0 Å². The van der Waals surface area contributed by atoms with Gasteiger partial charge in [-0.15, -0.1) is 0 Å². The molecule has 8 nitrogen and oxygen atoms in total. The molecule has 0 aliphatic heterocycles. The van der Waals surface area contributed by atoms with Crippen molar-refractivity contribution in [3.63, 3.8) is 0 Å². The molecule has 0 saturated heterocycles. The first-order valence-electron chi connectivity index (χ1n) is 5.87. The fraction of sp³-hybridized carbons (Fsp3) is 0.250. The normalized spacial score (nSPS) is 11.3. The predicted octanol–water partition coefficient (Wildman–Crippen LogP) is 0.643. The Morgan fingerprint density at radius 2 is 2.19 bits per heavy atom. The lowest BCUT2D eigenvalue weighted by Gasteiger charge is -2.06. The van der Waals surface area contributed by atoms with E-state index in [-0.39, 0.29) is 22.7 Å². The smallest absolute Gasteiger partial charge is 0.339 e. The van der Waals surface area contributed by atoms with Crippen LogP contribution in [0.5, 0.6) is 0 Å². The topological polar surface area (TPSA) is 111 Å². The molecule has 0 unspecified atom stereocenters. The lowest BCUT2D eigenvalue weighted by molar-refractivity contribution is 0.0600. The van der Waals surface area contributed by atoms with E-state index in [4.69, 9.17) is 0 Å². The standard InChI is InChI=1S/C12H13N3O5S/c1-8-11(7-20-15-8)21(17,18)14-5-9-3-10(6-13-4-9)12(16)19-2/h3-4,6-7,14H,5H2,1-2H3. The highest BCUT2D eigenvalue weighted by Gasteiger charge is 2.20. The molecule has 2 aromatic rings. The molecule has 112 valence electrons. The molecule has 9 heteroatoms. The molecule has 0 fully saturated rings. The minimum absolute atomic E-state index is 0.0230. The van der Waals surface area contributed by atoms with E-state index in [1.54, 1.807) is 0 Å². The van der Waals surface area contributed by atoms with Gasteiger partial charge in [-0.3, -0.25) is 4.98 Å². The lowest BCUT2D eigenvalue weighted by atomic mass is 10.2. The van der Waals surface area contributed by atoms with E-state index in [2.05, 4.69) is 24.1 Å². The number of hydrogen-bond donors (Lipinski definition) is 1. The number of hydrogen-bond acceptors (Lipinski definition) is 7. The molecule has 21 heavy (non-hydrogen) atoms.